The van der Waals surface area contributed by atoms with Crippen LogP contribution in [0.5, 0.6) is 0 Å². The van der Waals surface area contributed by atoms with Gasteiger partial charge in [0.15, 0.2) is 0 Å². The monoisotopic (exact) mass is 882 g/mol. The molecule has 0 aliphatic carbocycles. The smallest absolute Gasteiger partial charge is 0 e. The molecule has 0 aliphatic rings. The van der Waals surface area contributed by atoms with Crippen LogP contribution in [0.15, 0.2) is 72.8 Å². The van der Waals surface area contributed by atoms with Gasteiger partial charge in [0.1, 0.15) is 0 Å². The van der Waals surface area contributed by atoms with Crippen LogP contribution in [0.4, 0.5) is 0 Å². The first-order valence-corrected chi connectivity index (χ1v) is 23.0. The maximum Gasteiger partial charge on any atom is 0 e. The van der Waals surface area contributed by atoms with Gasteiger partial charge in [0.2, 0.25) is 0 Å². The first kappa shape index (κ1) is 46.5. The van der Waals surface area contributed by atoms with Gasteiger partial charge in [-0.15, -0.1) is 0 Å². The van der Waals surface area contributed by atoms with Gasteiger partial charge in [-0.1, -0.05) is 106 Å². The molecule has 0 fully saturated rings. The minimum absolute atomic E-state index is 0. The van der Waals surface area contributed by atoms with Crippen molar-refractivity contribution >= 4 is 47.7 Å². The van der Waals surface area contributed by atoms with E-state index in [1.807, 2.05) is 0 Å². The topological polar surface area (TPSA) is 0 Å². The Kier molecular flexibility index (Phi) is 15.4. The first-order chi connectivity index (χ1) is 26.2. The van der Waals surface area contributed by atoms with Gasteiger partial charge in [-0.3, -0.25) is 0 Å². The van der Waals surface area contributed by atoms with Gasteiger partial charge in [0, 0.05) is 20.4 Å². The summed E-state index contributed by atoms with van der Waals surface area (Å²) >= 11 is 0. The molecule has 0 saturated heterocycles. The largest absolute Gasteiger partial charge is 0.0557 e. The van der Waals surface area contributed by atoms with Crippen LogP contribution in [0.25, 0.3) is 0 Å². The van der Waals surface area contributed by atoms with Crippen LogP contribution in [0, 0.1) is 125 Å². The second kappa shape index (κ2) is 18.8. The molecule has 3 heteroatoms. The van der Waals surface area contributed by atoms with E-state index in [2.05, 4.69) is 197 Å². The maximum atomic E-state index is 2.36. The van der Waals surface area contributed by atoms with Gasteiger partial charge < -0.3 is 0 Å². The van der Waals surface area contributed by atoms with Crippen LogP contribution in [-0.2, 0) is 20.4 Å². The zero-order valence-corrected chi connectivity index (χ0v) is 41.5. The number of aryl methyl sites for hydroxylation is 18. The summed E-state index contributed by atoms with van der Waals surface area (Å²) < 4.78 is 0. The van der Waals surface area contributed by atoms with Gasteiger partial charge in [-0.25, -0.2) is 0 Å². The zero-order chi connectivity index (χ0) is 41.5. The molecule has 0 aliphatic heterocycles. The molecular weight excluding hydrogens is 817 g/mol. The van der Waals surface area contributed by atoms with Gasteiger partial charge in [-0.05, 0) is 239 Å². The second-order valence-electron chi connectivity index (χ2n) is 17.2. The molecule has 6 aromatic rings. The molecule has 0 nitrogen and oxygen atoms in total. The van der Waals surface area contributed by atoms with Gasteiger partial charge >= 0.3 is 0 Å². The second-order valence-corrected chi connectivity index (χ2v) is 21.2. The fourth-order valence-electron chi connectivity index (χ4n) is 9.82. The Hall–Kier alpha value is -3.16. The molecule has 0 saturated carbocycles. The van der Waals surface area contributed by atoms with Gasteiger partial charge in [0.05, 0.1) is 0 Å². The Balaban J connectivity index is 0.000000248. The molecule has 0 amide bonds. The van der Waals surface area contributed by atoms with Gasteiger partial charge in [-0.2, -0.15) is 0 Å². The van der Waals surface area contributed by atoms with Crippen molar-refractivity contribution in [3.8, 4) is 0 Å². The van der Waals surface area contributed by atoms with Crippen molar-refractivity contribution in [3.05, 3.63) is 173 Å². The van der Waals surface area contributed by atoms with E-state index in [0.717, 1.165) is 0 Å². The number of benzene rings is 6. The number of rotatable bonds is 6. The Morgan fingerprint density at radius 2 is 0.281 bits per heavy atom. The van der Waals surface area contributed by atoms with E-state index in [1.165, 1.54) is 132 Å². The van der Waals surface area contributed by atoms with E-state index < -0.39 is 15.8 Å². The average Bonchev–Trinajstić information content (AvgIpc) is 3.02. The molecule has 302 valence electrons. The SMILES string of the molecule is Cc1cc(C)c(P(c2c(C)cc(C)cc2C)c2c(C)cc(C)cc2C)c(C)c1.Cc1cc(C)c(P(c2c(C)cc(C)cc2C)c2c(C)cc(C)cc2C)c(C)c1.[Pd]. The molecule has 6 aromatic carbocycles. The molecule has 0 radical (unpaired) electrons. The predicted molar refractivity (Wildman–Crippen MR) is 256 cm³/mol. The fraction of sp³-hybridized carbons (Fsp3) is 0.333. The van der Waals surface area contributed by atoms with Crippen molar-refractivity contribution in [2.75, 3.05) is 0 Å². The Morgan fingerprint density at radius 1 is 0.193 bits per heavy atom. The third-order valence-corrected chi connectivity index (χ3v) is 18.1. The van der Waals surface area contributed by atoms with Crippen LogP contribution in [0.2, 0.25) is 0 Å². The summed E-state index contributed by atoms with van der Waals surface area (Å²) in [6, 6.07) is 28.3. The summed E-state index contributed by atoms with van der Waals surface area (Å²) in [6.07, 6.45) is 0. The third-order valence-electron chi connectivity index (χ3n) is 11.2. The Bertz CT molecular complexity index is 1880. The Morgan fingerprint density at radius 3 is 0.368 bits per heavy atom. The molecule has 0 heterocycles. The fourth-order valence-corrected chi connectivity index (χ4v) is 16.2. The van der Waals surface area contributed by atoms with Crippen LogP contribution in [-0.4, -0.2) is 0 Å². The molecule has 6 rings (SSSR count). The van der Waals surface area contributed by atoms with Crippen LogP contribution in [0.1, 0.15) is 100 Å². The summed E-state index contributed by atoms with van der Waals surface area (Å²) in [6.45, 7) is 40.8. The molecule has 0 bridgehead atoms. The summed E-state index contributed by atoms with van der Waals surface area (Å²) in [7, 11) is -1.22. The van der Waals surface area contributed by atoms with Crippen LogP contribution in [0.3, 0.4) is 0 Å². The van der Waals surface area contributed by atoms with E-state index in [0.29, 0.717) is 0 Å². The van der Waals surface area contributed by atoms with Crippen LogP contribution >= 0.6 is 15.8 Å². The number of hydrogen-bond donors (Lipinski definition) is 0. The molecule has 0 atom stereocenters. The minimum atomic E-state index is -0.608. The van der Waals surface area contributed by atoms with E-state index in [9.17, 15) is 0 Å². The summed E-state index contributed by atoms with van der Waals surface area (Å²) in [5.41, 5.74) is 25.1. The van der Waals surface area contributed by atoms with E-state index >= 15 is 0 Å². The first-order valence-electron chi connectivity index (χ1n) is 20.3. The Labute approximate surface area is 363 Å². The predicted octanol–water partition coefficient (Wildman–Crippen LogP) is 12.4. The van der Waals surface area contributed by atoms with Crippen molar-refractivity contribution in [2.45, 2.75) is 125 Å². The molecule has 0 N–H and O–H groups in total. The molecule has 0 aromatic heterocycles. The quantitative estimate of drug-likeness (QED) is 0.115. The maximum absolute atomic E-state index is 2.36. The molecule has 0 unspecified atom stereocenters. The van der Waals surface area contributed by atoms with Gasteiger partial charge in [0.25, 0.3) is 0 Å². The zero-order valence-electron chi connectivity index (χ0n) is 38.1. The molecule has 0 spiro atoms. The van der Waals surface area contributed by atoms with Crippen molar-refractivity contribution in [3.63, 3.8) is 0 Å². The van der Waals surface area contributed by atoms with E-state index in [1.54, 1.807) is 0 Å². The minimum Gasteiger partial charge on any atom is -0.0557 e. The number of hydrogen-bond acceptors (Lipinski definition) is 0. The van der Waals surface area contributed by atoms with Crippen molar-refractivity contribution in [1.29, 1.82) is 0 Å². The summed E-state index contributed by atoms with van der Waals surface area (Å²) in [5.74, 6) is 0. The summed E-state index contributed by atoms with van der Waals surface area (Å²) in [5, 5.41) is 9.20. The van der Waals surface area contributed by atoms with E-state index in [4.69, 9.17) is 0 Å². The summed E-state index contributed by atoms with van der Waals surface area (Å²) in [4.78, 5) is 0. The van der Waals surface area contributed by atoms with Crippen LogP contribution < -0.4 is 31.8 Å². The average molecular weight is 883 g/mol. The van der Waals surface area contributed by atoms with Crippen molar-refractivity contribution in [2.24, 2.45) is 0 Å². The molecular formula is C54H66P2Pd. The van der Waals surface area contributed by atoms with Crippen molar-refractivity contribution < 1.29 is 20.4 Å². The molecule has 57 heavy (non-hydrogen) atoms. The normalized spacial score (nSPS) is 11.2. The van der Waals surface area contributed by atoms with E-state index in [-0.39, 0.29) is 20.4 Å². The third kappa shape index (κ3) is 10.0. The standard InChI is InChI=1S/2C27H33P.Pd/c2*1-16-10-19(4)25(20(5)11-16)28(26-21(6)12-17(2)13-22(26)7)27-23(8)14-18(3)15-24(27)9;/h2*10-15H,1-9H3;. The van der Waals surface area contributed by atoms with Crippen molar-refractivity contribution in [1.82, 2.24) is 0 Å².